The molecular weight excluding hydrogens is 466 g/mol. The summed E-state index contributed by atoms with van der Waals surface area (Å²) in [4.78, 5) is 5.29. The van der Waals surface area contributed by atoms with E-state index in [-0.39, 0.29) is 12.0 Å². The zero-order valence-corrected chi connectivity index (χ0v) is 22.6. The van der Waals surface area contributed by atoms with Crippen molar-refractivity contribution in [2.24, 2.45) is 10.9 Å². The number of fused-ring (bicyclic) bond motifs is 5. The Morgan fingerprint density at radius 3 is 2.71 bits per heavy atom. The fourth-order valence-electron chi connectivity index (χ4n) is 6.92. The molecule has 2 aromatic rings. The predicted molar refractivity (Wildman–Crippen MR) is 156 cm³/mol. The van der Waals surface area contributed by atoms with Crippen LogP contribution in [0, 0.1) is 12.8 Å². The Labute approximate surface area is 226 Å². The molecule has 1 saturated carbocycles. The Hall–Kier alpha value is -3.66. The zero-order valence-electron chi connectivity index (χ0n) is 22.6. The molecule has 4 aliphatic rings. The summed E-state index contributed by atoms with van der Waals surface area (Å²) < 4.78 is 8.36. The standard InChI is InChI=1S/C34H38N3O/c1-6-31-29-14-10-9-13-28(29)30-16-15-26-19-35-24(5)38-23(4)33(26)32-17-21(2)27(18-25-11-7-8-12-25)20-37(32)22(3)34(30)36-31/h6,9-10,13-14,17,20,25,30,34-35H,1,3-5,7-8,11-12,15-16,18-19H2,2H3/q+1. The molecule has 1 aromatic carbocycles. The van der Waals surface area contributed by atoms with E-state index in [0.717, 1.165) is 47.9 Å². The number of hydrogen-bond donors (Lipinski definition) is 1. The highest BCUT2D eigenvalue weighted by Crippen LogP contribution is 2.42. The van der Waals surface area contributed by atoms with E-state index in [4.69, 9.17) is 16.3 Å². The van der Waals surface area contributed by atoms with Crippen LogP contribution < -0.4 is 9.88 Å². The molecule has 4 nitrogen and oxygen atoms in total. The summed E-state index contributed by atoms with van der Waals surface area (Å²) in [6.07, 6.45) is 12.5. The van der Waals surface area contributed by atoms with Gasteiger partial charge in [-0.05, 0) is 68.0 Å². The molecule has 0 amide bonds. The van der Waals surface area contributed by atoms with Crippen molar-refractivity contribution in [3.05, 3.63) is 114 Å². The Bertz CT molecular complexity index is 1420. The van der Waals surface area contributed by atoms with Crippen LogP contribution in [0.2, 0.25) is 0 Å². The number of ether oxygens (including phenoxy) is 1. The molecule has 2 atom stereocenters. The highest BCUT2D eigenvalue weighted by Gasteiger charge is 2.40. The lowest BCUT2D eigenvalue weighted by molar-refractivity contribution is -0.587. The van der Waals surface area contributed by atoms with Gasteiger partial charge >= 0.3 is 0 Å². The third-order valence-electron chi connectivity index (χ3n) is 8.92. The molecule has 2 unspecified atom stereocenters. The van der Waals surface area contributed by atoms with Gasteiger partial charge in [0, 0.05) is 29.7 Å². The van der Waals surface area contributed by atoms with Gasteiger partial charge in [-0.15, -0.1) is 0 Å². The molecule has 0 radical (unpaired) electrons. The second-order valence-corrected chi connectivity index (χ2v) is 11.3. The summed E-state index contributed by atoms with van der Waals surface area (Å²) in [5.41, 5.74) is 10.6. The number of aromatic nitrogens is 1. The van der Waals surface area contributed by atoms with Gasteiger partial charge in [-0.1, -0.05) is 63.1 Å². The number of benzene rings is 1. The Morgan fingerprint density at radius 1 is 1.13 bits per heavy atom. The molecule has 4 heteroatoms. The lowest BCUT2D eigenvalue weighted by Crippen LogP contribution is -2.44. The van der Waals surface area contributed by atoms with Crippen LogP contribution in [0.1, 0.15) is 72.4 Å². The van der Waals surface area contributed by atoms with Crippen molar-refractivity contribution in [1.82, 2.24) is 5.32 Å². The average Bonchev–Trinajstić information content (AvgIpc) is 3.39. The van der Waals surface area contributed by atoms with Crippen molar-refractivity contribution in [3.8, 4) is 0 Å². The highest BCUT2D eigenvalue weighted by atomic mass is 16.5. The topological polar surface area (TPSA) is 37.5 Å². The maximum Gasteiger partial charge on any atom is 0.222 e. The van der Waals surface area contributed by atoms with E-state index in [2.05, 4.69) is 73.1 Å². The number of pyridine rings is 1. The van der Waals surface area contributed by atoms with Gasteiger partial charge in [0.05, 0.1) is 11.3 Å². The van der Waals surface area contributed by atoms with Crippen LogP contribution in [0.5, 0.6) is 0 Å². The molecule has 1 aromatic heterocycles. The van der Waals surface area contributed by atoms with Gasteiger partial charge in [-0.2, -0.15) is 4.57 Å². The lowest BCUT2D eigenvalue weighted by Gasteiger charge is -2.30. The van der Waals surface area contributed by atoms with E-state index >= 15 is 0 Å². The molecule has 3 aliphatic heterocycles. The number of nitrogens with one attached hydrogen (secondary N) is 1. The SMILES string of the molecule is C=CC1=NC2C(=C)[n+]3cc(CC4CCCC4)c(C)cc3C3=C(CCC2c2ccccc21)CNC(=C)OC3=C. The van der Waals surface area contributed by atoms with Crippen LogP contribution in [0.4, 0.5) is 0 Å². The first kappa shape index (κ1) is 24.7. The quantitative estimate of drug-likeness (QED) is 0.468. The summed E-state index contributed by atoms with van der Waals surface area (Å²) in [5, 5.41) is 3.36. The van der Waals surface area contributed by atoms with Crippen molar-refractivity contribution < 1.29 is 9.30 Å². The summed E-state index contributed by atoms with van der Waals surface area (Å²) >= 11 is 0. The maximum atomic E-state index is 6.06. The maximum absolute atomic E-state index is 6.06. The summed E-state index contributed by atoms with van der Waals surface area (Å²) in [6.45, 7) is 20.2. The Kier molecular flexibility index (Phi) is 6.43. The lowest BCUT2D eigenvalue weighted by atomic mass is 9.79. The normalized spacial score (nSPS) is 23.4. The third-order valence-corrected chi connectivity index (χ3v) is 8.92. The number of aryl methyl sites for hydroxylation is 1. The van der Waals surface area contributed by atoms with Crippen LogP contribution in [-0.2, 0) is 11.2 Å². The third kappa shape index (κ3) is 4.26. The predicted octanol–water partition coefficient (Wildman–Crippen LogP) is 6.78. The number of allylic oxidation sites excluding steroid dienone is 2. The smallest absolute Gasteiger partial charge is 0.222 e. The van der Waals surface area contributed by atoms with Crippen LogP contribution >= 0.6 is 0 Å². The van der Waals surface area contributed by atoms with Gasteiger partial charge in [0.2, 0.25) is 11.4 Å². The van der Waals surface area contributed by atoms with Crippen molar-refractivity contribution in [1.29, 1.82) is 0 Å². The minimum atomic E-state index is -0.0793. The number of hydrogen-bond acceptors (Lipinski definition) is 3. The Balaban J connectivity index is 1.56. The van der Waals surface area contributed by atoms with Crippen LogP contribution in [0.25, 0.3) is 11.3 Å². The largest absolute Gasteiger partial charge is 0.442 e. The minimum absolute atomic E-state index is 0.0793. The number of nitrogens with zero attached hydrogens (tertiary/aromatic N) is 2. The first-order valence-electron chi connectivity index (χ1n) is 14.0. The summed E-state index contributed by atoms with van der Waals surface area (Å²) in [7, 11) is 0. The van der Waals surface area contributed by atoms with Gasteiger partial charge in [0.1, 0.15) is 11.8 Å². The van der Waals surface area contributed by atoms with Gasteiger partial charge in [0.25, 0.3) is 0 Å². The van der Waals surface area contributed by atoms with Gasteiger partial charge in [-0.3, -0.25) is 4.99 Å². The van der Waals surface area contributed by atoms with E-state index in [1.54, 1.807) is 0 Å². The van der Waals surface area contributed by atoms with E-state index < -0.39 is 0 Å². The highest BCUT2D eigenvalue weighted by molar-refractivity contribution is 6.10. The van der Waals surface area contributed by atoms with Gasteiger partial charge < -0.3 is 10.1 Å². The monoisotopic (exact) mass is 504 g/mol. The van der Waals surface area contributed by atoms with E-state index in [1.807, 2.05) is 6.08 Å². The number of aliphatic imine (C=N–C) groups is 1. The number of rotatable bonds is 3. The summed E-state index contributed by atoms with van der Waals surface area (Å²) in [6, 6.07) is 10.9. The van der Waals surface area contributed by atoms with Crippen molar-refractivity contribution in [2.75, 3.05) is 6.54 Å². The zero-order chi connectivity index (χ0) is 26.4. The first-order valence-corrected chi connectivity index (χ1v) is 14.0. The van der Waals surface area contributed by atoms with Crippen molar-refractivity contribution in [2.45, 2.75) is 63.8 Å². The average molecular weight is 505 g/mol. The van der Waals surface area contributed by atoms with Crippen molar-refractivity contribution >= 4 is 17.0 Å². The molecule has 1 N–H and O–H groups in total. The molecule has 194 valence electrons. The summed E-state index contributed by atoms with van der Waals surface area (Å²) in [5.74, 6) is 2.16. The van der Waals surface area contributed by atoms with Crippen LogP contribution in [0.3, 0.4) is 0 Å². The second-order valence-electron chi connectivity index (χ2n) is 11.3. The molecular formula is C34H38N3O+. The fraction of sp³-hybridized carbons (Fsp3) is 0.353. The molecule has 0 spiro atoms. The molecule has 4 heterocycles. The Morgan fingerprint density at radius 2 is 1.92 bits per heavy atom. The molecule has 0 bridgehead atoms. The van der Waals surface area contributed by atoms with Crippen LogP contribution in [0.15, 0.2) is 91.1 Å². The van der Waals surface area contributed by atoms with Crippen molar-refractivity contribution in [3.63, 3.8) is 0 Å². The minimum Gasteiger partial charge on any atom is -0.442 e. The fourth-order valence-corrected chi connectivity index (χ4v) is 6.92. The van der Waals surface area contributed by atoms with Gasteiger partial charge in [-0.25, -0.2) is 0 Å². The molecule has 6 rings (SSSR count). The van der Waals surface area contributed by atoms with E-state index in [9.17, 15) is 0 Å². The molecule has 1 fully saturated rings. The van der Waals surface area contributed by atoms with Crippen LogP contribution in [-0.4, -0.2) is 18.3 Å². The first-order chi connectivity index (χ1) is 18.4. The molecule has 1 aliphatic carbocycles. The van der Waals surface area contributed by atoms with Gasteiger partial charge in [0.15, 0.2) is 12.1 Å². The second kappa shape index (κ2) is 9.90. The molecule has 38 heavy (non-hydrogen) atoms. The molecule has 0 saturated heterocycles. The van der Waals surface area contributed by atoms with E-state index in [1.165, 1.54) is 53.5 Å². The van der Waals surface area contributed by atoms with E-state index in [0.29, 0.717) is 18.2 Å².